The average Bonchev–Trinajstić information content (AvgIpc) is 3.19. The van der Waals surface area contributed by atoms with Crippen LogP contribution in [-0.4, -0.2) is 31.3 Å². The normalized spacial score (nSPS) is 17.4. The SMILES string of the molecule is COc1ccccc1C1(CNC(=O)NCC(C)(O)c2ccco2)CC1. The minimum absolute atomic E-state index is 0.0620. The number of benzene rings is 1. The summed E-state index contributed by atoms with van der Waals surface area (Å²) in [6.07, 6.45) is 3.52. The van der Waals surface area contributed by atoms with Gasteiger partial charge in [0.2, 0.25) is 0 Å². The Morgan fingerprint density at radius 2 is 2.04 bits per heavy atom. The molecule has 25 heavy (non-hydrogen) atoms. The summed E-state index contributed by atoms with van der Waals surface area (Å²) in [6, 6.07) is 11.0. The first-order chi connectivity index (χ1) is 12.0. The van der Waals surface area contributed by atoms with Crippen LogP contribution in [0.25, 0.3) is 0 Å². The van der Waals surface area contributed by atoms with E-state index in [-0.39, 0.29) is 18.0 Å². The van der Waals surface area contributed by atoms with Gasteiger partial charge in [0.1, 0.15) is 17.1 Å². The molecule has 1 aromatic heterocycles. The lowest BCUT2D eigenvalue weighted by Crippen LogP contribution is -2.45. The lowest BCUT2D eigenvalue weighted by molar-refractivity contribution is 0.0367. The van der Waals surface area contributed by atoms with E-state index in [1.807, 2.05) is 24.3 Å². The number of ether oxygens (including phenoxy) is 1. The average molecular weight is 344 g/mol. The number of furan rings is 1. The number of aliphatic hydroxyl groups is 1. The molecule has 1 aromatic carbocycles. The Labute approximate surface area is 147 Å². The molecule has 0 spiro atoms. The van der Waals surface area contributed by atoms with Crippen molar-refractivity contribution >= 4 is 6.03 Å². The standard InChI is InChI=1S/C19H24N2O4/c1-18(23,16-8-5-11-25-16)12-20-17(22)21-13-19(9-10-19)14-6-3-4-7-15(14)24-2/h3-8,11,23H,9-10,12-13H2,1-2H3,(H2,20,21,22). The quantitative estimate of drug-likeness (QED) is 0.721. The summed E-state index contributed by atoms with van der Waals surface area (Å²) in [6.45, 7) is 2.19. The summed E-state index contributed by atoms with van der Waals surface area (Å²) in [5, 5.41) is 16.0. The minimum atomic E-state index is -1.25. The molecule has 1 aliphatic rings. The van der Waals surface area contributed by atoms with Crippen molar-refractivity contribution in [2.24, 2.45) is 0 Å². The molecule has 1 unspecified atom stereocenters. The molecule has 3 N–H and O–H groups in total. The number of rotatable bonds is 7. The number of methoxy groups -OCH3 is 1. The van der Waals surface area contributed by atoms with Gasteiger partial charge in [-0.2, -0.15) is 0 Å². The fourth-order valence-corrected chi connectivity index (χ4v) is 3.01. The van der Waals surface area contributed by atoms with Gasteiger partial charge in [0.15, 0.2) is 0 Å². The summed E-state index contributed by atoms with van der Waals surface area (Å²) in [7, 11) is 1.66. The summed E-state index contributed by atoms with van der Waals surface area (Å²) < 4.78 is 10.6. The molecule has 0 aliphatic heterocycles. The van der Waals surface area contributed by atoms with Gasteiger partial charge in [-0.05, 0) is 38.0 Å². The fraction of sp³-hybridized carbons (Fsp3) is 0.421. The van der Waals surface area contributed by atoms with Crippen LogP contribution in [0.4, 0.5) is 4.79 Å². The van der Waals surface area contributed by atoms with E-state index in [9.17, 15) is 9.90 Å². The van der Waals surface area contributed by atoms with Crippen LogP contribution in [0.2, 0.25) is 0 Å². The molecule has 1 fully saturated rings. The number of nitrogens with one attached hydrogen (secondary N) is 2. The zero-order valence-electron chi connectivity index (χ0n) is 14.5. The summed E-state index contributed by atoms with van der Waals surface area (Å²) >= 11 is 0. The van der Waals surface area contributed by atoms with Crippen LogP contribution >= 0.6 is 0 Å². The van der Waals surface area contributed by atoms with Crippen LogP contribution < -0.4 is 15.4 Å². The molecular weight excluding hydrogens is 320 g/mol. The number of hydrogen-bond donors (Lipinski definition) is 3. The molecular formula is C19H24N2O4. The first-order valence-corrected chi connectivity index (χ1v) is 8.38. The summed E-state index contributed by atoms with van der Waals surface area (Å²) in [5.74, 6) is 1.27. The maximum atomic E-state index is 12.1. The second kappa shape index (κ2) is 6.80. The van der Waals surface area contributed by atoms with Crippen molar-refractivity contribution in [3.05, 3.63) is 54.0 Å². The van der Waals surface area contributed by atoms with Crippen molar-refractivity contribution in [1.29, 1.82) is 0 Å². The highest BCUT2D eigenvalue weighted by Crippen LogP contribution is 2.50. The Morgan fingerprint density at radius 3 is 2.68 bits per heavy atom. The van der Waals surface area contributed by atoms with Crippen LogP contribution in [0.15, 0.2) is 47.1 Å². The van der Waals surface area contributed by atoms with Gasteiger partial charge in [-0.1, -0.05) is 18.2 Å². The number of hydrogen-bond acceptors (Lipinski definition) is 4. The van der Waals surface area contributed by atoms with Crippen molar-refractivity contribution < 1.29 is 19.1 Å². The number of carbonyl (C=O) groups excluding carboxylic acids is 1. The van der Waals surface area contributed by atoms with Crippen molar-refractivity contribution in [2.45, 2.75) is 30.8 Å². The Bertz CT molecular complexity index is 721. The summed E-state index contributed by atoms with van der Waals surface area (Å²) in [5.41, 5.74) is -0.186. The van der Waals surface area contributed by atoms with Gasteiger partial charge in [0, 0.05) is 17.5 Å². The van der Waals surface area contributed by atoms with E-state index in [2.05, 4.69) is 10.6 Å². The zero-order chi connectivity index (χ0) is 17.9. The van der Waals surface area contributed by atoms with Crippen LogP contribution in [-0.2, 0) is 11.0 Å². The molecule has 0 bridgehead atoms. The molecule has 6 nitrogen and oxygen atoms in total. The second-order valence-corrected chi connectivity index (χ2v) is 6.77. The highest BCUT2D eigenvalue weighted by Gasteiger charge is 2.46. The van der Waals surface area contributed by atoms with E-state index in [1.54, 1.807) is 26.2 Å². The van der Waals surface area contributed by atoms with Gasteiger partial charge in [-0.15, -0.1) is 0 Å². The van der Waals surface area contributed by atoms with E-state index in [1.165, 1.54) is 6.26 Å². The van der Waals surface area contributed by atoms with E-state index in [0.717, 1.165) is 24.2 Å². The molecule has 1 heterocycles. The van der Waals surface area contributed by atoms with Crippen molar-refractivity contribution in [2.75, 3.05) is 20.2 Å². The van der Waals surface area contributed by atoms with Gasteiger partial charge >= 0.3 is 6.03 Å². The largest absolute Gasteiger partial charge is 0.496 e. The van der Waals surface area contributed by atoms with Crippen LogP contribution in [0.1, 0.15) is 31.1 Å². The highest BCUT2D eigenvalue weighted by atomic mass is 16.5. The Balaban J connectivity index is 1.54. The Hall–Kier alpha value is -2.47. The maximum absolute atomic E-state index is 12.1. The van der Waals surface area contributed by atoms with Gasteiger partial charge in [0.05, 0.1) is 19.9 Å². The third-order valence-corrected chi connectivity index (χ3v) is 4.76. The lowest BCUT2D eigenvalue weighted by Gasteiger charge is -2.23. The maximum Gasteiger partial charge on any atom is 0.314 e. The number of para-hydroxylation sites is 1. The lowest BCUT2D eigenvalue weighted by atomic mass is 9.95. The topological polar surface area (TPSA) is 83.7 Å². The molecule has 3 rings (SSSR count). The highest BCUT2D eigenvalue weighted by molar-refractivity contribution is 5.74. The van der Waals surface area contributed by atoms with E-state index in [4.69, 9.17) is 9.15 Å². The van der Waals surface area contributed by atoms with Crippen molar-refractivity contribution in [3.63, 3.8) is 0 Å². The predicted octanol–water partition coefficient (Wildman–Crippen LogP) is 2.53. The van der Waals surface area contributed by atoms with E-state index < -0.39 is 5.60 Å². The molecule has 6 heteroatoms. The molecule has 2 aromatic rings. The molecule has 1 atom stereocenters. The smallest absolute Gasteiger partial charge is 0.314 e. The number of urea groups is 1. The Kier molecular flexibility index (Phi) is 4.72. The van der Waals surface area contributed by atoms with Crippen LogP contribution in [0.3, 0.4) is 0 Å². The van der Waals surface area contributed by atoms with Crippen LogP contribution in [0.5, 0.6) is 5.75 Å². The van der Waals surface area contributed by atoms with E-state index in [0.29, 0.717) is 12.3 Å². The van der Waals surface area contributed by atoms with Gasteiger partial charge in [0.25, 0.3) is 0 Å². The summed E-state index contributed by atoms with van der Waals surface area (Å²) in [4.78, 5) is 12.1. The molecule has 1 saturated carbocycles. The number of carbonyl (C=O) groups is 1. The van der Waals surface area contributed by atoms with E-state index >= 15 is 0 Å². The monoisotopic (exact) mass is 344 g/mol. The molecule has 2 amide bonds. The third kappa shape index (κ3) is 3.79. The Morgan fingerprint density at radius 1 is 1.28 bits per heavy atom. The fourth-order valence-electron chi connectivity index (χ4n) is 3.01. The molecule has 0 saturated heterocycles. The first kappa shape index (κ1) is 17.4. The second-order valence-electron chi connectivity index (χ2n) is 6.77. The zero-order valence-corrected chi connectivity index (χ0v) is 14.5. The molecule has 0 radical (unpaired) electrons. The third-order valence-electron chi connectivity index (χ3n) is 4.76. The predicted molar refractivity (Wildman–Crippen MR) is 93.6 cm³/mol. The first-order valence-electron chi connectivity index (χ1n) is 8.38. The van der Waals surface area contributed by atoms with Gasteiger partial charge in [-0.25, -0.2) is 4.79 Å². The molecule has 134 valence electrons. The minimum Gasteiger partial charge on any atom is -0.496 e. The number of amides is 2. The van der Waals surface area contributed by atoms with Gasteiger partial charge < -0.3 is 24.9 Å². The van der Waals surface area contributed by atoms with Gasteiger partial charge in [-0.3, -0.25) is 0 Å². The van der Waals surface area contributed by atoms with Crippen LogP contribution in [0, 0.1) is 0 Å². The molecule has 1 aliphatic carbocycles. The van der Waals surface area contributed by atoms with Crippen molar-refractivity contribution in [1.82, 2.24) is 10.6 Å². The van der Waals surface area contributed by atoms with Crippen molar-refractivity contribution in [3.8, 4) is 5.75 Å².